The van der Waals surface area contributed by atoms with Crippen LogP contribution < -0.4 is 10.6 Å². The molecular weight excluding hydrogens is 279 g/mol. The molecule has 0 aliphatic rings. The highest BCUT2D eigenvalue weighted by molar-refractivity contribution is 5.91. The van der Waals surface area contributed by atoms with Gasteiger partial charge in [-0.3, -0.25) is 4.79 Å². The number of alkyl halides is 3. The van der Waals surface area contributed by atoms with Crippen LogP contribution in [-0.2, 0) is 15.7 Å². The summed E-state index contributed by atoms with van der Waals surface area (Å²) in [6.45, 7) is 1.46. The Bertz CT molecular complexity index is 474. The normalized spacial score (nSPS) is 10.8. The molecule has 0 aliphatic heterocycles. The molecule has 0 radical (unpaired) electrons. The lowest BCUT2D eigenvalue weighted by atomic mass is 10.3. The van der Waals surface area contributed by atoms with E-state index in [0.29, 0.717) is 0 Å². The monoisotopic (exact) mass is 291 g/mol. The SMILES string of the molecule is CCOC(=O)CNC(=O)Nc1ccc(C(F)(F)F)nc1. The van der Waals surface area contributed by atoms with Gasteiger partial charge in [0.15, 0.2) is 0 Å². The molecule has 110 valence electrons. The van der Waals surface area contributed by atoms with E-state index in [1.165, 1.54) is 0 Å². The molecule has 6 nitrogen and oxygen atoms in total. The third-order valence-corrected chi connectivity index (χ3v) is 2.01. The third-order valence-electron chi connectivity index (χ3n) is 2.01. The second-order valence-electron chi connectivity index (χ2n) is 3.54. The summed E-state index contributed by atoms with van der Waals surface area (Å²) in [5.41, 5.74) is -0.991. The highest BCUT2D eigenvalue weighted by Crippen LogP contribution is 2.27. The number of rotatable bonds is 4. The summed E-state index contributed by atoms with van der Waals surface area (Å²) in [6.07, 6.45) is -3.67. The number of aromatic nitrogens is 1. The van der Waals surface area contributed by atoms with Crippen molar-refractivity contribution >= 4 is 17.7 Å². The Hall–Kier alpha value is -2.32. The molecule has 0 bridgehead atoms. The van der Waals surface area contributed by atoms with Crippen LogP contribution in [0.25, 0.3) is 0 Å². The second kappa shape index (κ2) is 6.73. The molecule has 2 amide bonds. The fourth-order valence-electron chi connectivity index (χ4n) is 1.18. The molecule has 1 rings (SSSR count). The van der Waals surface area contributed by atoms with Gasteiger partial charge in [0.05, 0.1) is 18.5 Å². The van der Waals surface area contributed by atoms with E-state index in [1.54, 1.807) is 6.92 Å². The quantitative estimate of drug-likeness (QED) is 0.829. The Balaban J connectivity index is 2.48. The molecule has 0 saturated carbocycles. The molecule has 1 heterocycles. The molecule has 0 spiro atoms. The first-order chi connectivity index (χ1) is 9.32. The fourth-order valence-corrected chi connectivity index (χ4v) is 1.18. The van der Waals surface area contributed by atoms with Crippen molar-refractivity contribution in [2.75, 3.05) is 18.5 Å². The van der Waals surface area contributed by atoms with E-state index in [0.717, 1.165) is 18.3 Å². The first-order valence-corrected chi connectivity index (χ1v) is 5.56. The zero-order valence-electron chi connectivity index (χ0n) is 10.5. The number of carbonyl (C=O) groups is 2. The maximum absolute atomic E-state index is 12.3. The number of nitrogens with one attached hydrogen (secondary N) is 2. The average Bonchev–Trinajstić information content (AvgIpc) is 2.36. The molecule has 0 fully saturated rings. The summed E-state index contributed by atoms with van der Waals surface area (Å²) in [5.74, 6) is -0.617. The van der Waals surface area contributed by atoms with E-state index in [4.69, 9.17) is 0 Å². The summed E-state index contributed by atoms with van der Waals surface area (Å²) in [6, 6.07) is 1.04. The number of urea groups is 1. The molecule has 1 aromatic rings. The number of anilines is 1. The zero-order chi connectivity index (χ0) is 15.2. The Morgan fingerprint density at radius 3 is 2.55 bits per heavy atom. The van der Waals surface area contributed by atoms with E-state index in [-0.39, 0.29) is 18.8 Å². The van der Waals surface area contributed by atoms with Gasteiger partial charge in [-0.2, -0.15) is 13.2 Å². The van der Waals surface area contributed by atoms with Gasteiger partial charge in [-0.05, 0) is 19.1 Å². The van der Waals surface area contributed by atoms with Gasteiger partial charge in [-0.25, -0.2) is 9.78 Å². The predicted molar refractivity (Wildman–Crippen MR) is 62.9 cm³/mol. The van der Waals surface area contributed by atoms with Gasteiger partial charge in [0.1, 0.15) is 12.2 Å². The fraction of sp³-hybridized carbons (Fsp3) is 0.364. The van der Waals surface area contributed by atoms with E-state index in [1.807, 2.05) is 0 Å². The van der Waals surface area contributed by atoms with Crippen LogP contribution in [0.2, 0.25) is 0 Å². The van der Waals surface area contributed by atoms with Gasteiger partial charge >= 0.3 is 18.2 Å². The van der Waals surface area contributed by atoms with Crippen molar-refractivity contribution in [1.82, 2.24) is 10.3 Å². The number of hydrogen-bond donors (Lipinski definition) is 2. The van der Waals surface area contributed by atoms with E-state index in [2.05, 4.69) is 20.4 Å². The lowest BCUT2D eigenvalue weighted by Gasteiger charge is -2.08. The smallest absolute Gasteiger partial charge is 0.433 e. The van der Waals surface area contributed by atoms with Crippen molar-refractivity contribution in [3.8, 4) is 0 Å². The Morgan fingerprint density at radius 2 is 2.05 bits per heavy atom. The molecule has 20 heavy (non-hydrogen) atoms. The van der Waals surface area contributed by atoms with Gasteiger partial charge in [-0.15, -0.1) is 0 Å². The zero-order valence-corrected chi connectivity index (χ0v) is 10.5. The third kappa shape index (κ3) is 5.12. The summed E-state index contributed by atoms with van der Waals surface area (Å²) < 4.78 is 41.3. The summed E-state index contributed by atoms with van der Waals surface area (Å²) in [5, 5.41) is 4.42. The highest BCUT2D eigenvalue weighted by Gasteiger charge is 2.32. The summed E-state index contributed by atoms with van der Waals surface area (Å²) >= 11 is 0. The van der Waals surface area contributed by atoms with Crippen LogP contribution in [0.1, 0.15) is 12.6 Å². The molecule has 2 N–H and O–H groups in total. The molecule has 0 aliphatic carbocycles. The van der Waals surface area contributed by atoms with Crippen molar-refractivity contribution in [3.05, 3.63) is 24.0 Å². The number of ether oxygens (including phenoxy) is 1. The minimum Gasteiger partial charge on any atom is -0.465 e. The van der Waals surface area contributed by atoms with Crippen LogP contribution in [0.5, 0.6) is 0 Å². The topological polar surface area (TPSA) is 80.3 Å². The molecule has 0 atom stereocenters. The minimum atomic E-state index is -4.54. The first kappa shape index (κ1) is 15.7. The van der Waals surface area contributed by atoms with Crippen molar-refractivity contribution in [2.45, 2.75) is 13.1 Å². The number of halogens is 3. The van der Waals surface area contributed by atoms with E-state index >= 15 is 0 Å². The lowest BCUT2D eigenvalue weighted by Crippen LogP contribution is -2.34. The largest absolute Gasteiger partial charge is 0.465 e. The Morgan fingerprint density at radius 1 is 1.35 bits per heavy atom. The molecule has 0 saturated heterocycles. The van der Waals surface area contributed by atoms with Crippen molar-refractivity contribution in [1.29, 1.82) is 0 Å². The van der Waals surface area contributed by atoms with Crippen LogP contribution >= 0.6 is 0 Å². The number of pyridine rings is 1. The molecule has 9 heteroatoms. The minimum absolute atomic E-state index is 0.0689. The van der Waals surface area contributed by atoms with Crippen molar-refractivity contribution < 1.29 is 27.5 Å². The van der Waals surface area contributed by atoms with Gasteiger partial charge < -0.3 is 15.4 Å². The maximum Gasteiger partial charge on any atom is 0.433 e. The second-order valence-corrected chi connectivity index (χ2v) is 3.54. The van der Waals surface area contributed by atoms with Crippen LogP contribution in [0.15, 0.2) is 18.3 Å². The van der Waals surface area contributed by atoms with Crippen molar-refractivity contribution in [3.63, 3.8) is 0 Å². The number of nitrogens with zero attached hydrogens (tertiary/aromatic N) is 1. The van der Waals surface area contributed by atoms with Crippen molar-refractivity contribution in [2.24, 2.45) is 0 Å². The van der Waals surface area contributed by atoms with E-state index < -0.39 is 23.9 Å². The summed E-state index contributed by atoms with van der Waals surface area (Å²) in [4.78, 5) is 25.4. The standard InChI is InChI=1S/C11H12F3N3O3/c1-2-20-9(18)6-16-10(19)17-7-3-4-8(15-5-7)11(12,13)14/h3-5H,2,6H2,1H3,(H2,16,17,19). The van der Waals surface area contributed by atoms with Gasteiger partial charge in [0.2, 0.25) is 0 Å². The van der Waals surface area contributed by atoms with E-state index in [9.17, 15) is 22.8 Å². The van der Waals surface area contributed by atoms with Gasteiger partial charge in [-0.1, -0.05) is 0 Å². The number of carbonyl (C=O) groups excluding carboxylic acids is 2. The highest BCUT2D eigenvalue weighted by atomic mass is 19.4. The first-order valence-electron chi connectivity index (χ1n) is 5.56. The average molecular weight is 291 g/mol. The molecule has 0 unspecified atom stereocenters. The predicted octanol–water partition coefficient (Wildman–Crippen LogP) is 1.78. The van der Waals surface area contributed by atoms with Crippen LogP contribution in [0.4, 0.5) is 23.7 Å². The maximum atomic E-state index is 12.3. The molecule has 1 aromatic heterocycles. The Kier molecular flexibility index (Phi) is 5.30. The van der Waals surface area contributed by atoms with Gasteiger partial charge in [0, 0.05) is 0 Å². The lowest BCUT2D eigenvalue weighted by molar-refractivity contribution is -0.142. The van der Waals surface area contributed by atoms with Crippen LogP contribution in [0, 0.1) is 0 Å². The number of esters is 1. The number of hydrogen-bond acceptors (Lipinski definition) is 4. The Labute approximate surface area is 112 Å². The van der Waals surface area contributed by atoms with Crippen LogP contribution in [-0.4, -0.2) is 30.1 Å². The molecular formula is C11H12F3N3O3. The van der Waals surface area contributed by atoms with Gasteiger partial charge in [0.25, 0.3) is 0 Å². The molecule has 0 aromatic carbocycles. The summed E-state index contributed by atoms with van der Waals surface area (Å²) in [7, 11) is 0. The van der Waals surface area contributed by atoms with Crippen LogP contribution in [0.3, 0.4) is 0 Å². The number of amides is 2.